The fourth-order valence-corrected chi connectivity index (χ4v) is 3.15. The molecule has 1 aliphatic carbocycles. The molecule has 4 heteroatoms. The van der Waals surface area contributed by atoms with Gasteiger partial charge in [0.05, 0.1) is 5.02 Å². The number of benzene rings is 1. The molecule has 2 aliphatic rings. The van der Waals surface area contributed by atoms with E-state index in [4.69, 9.17) is 26.8 Å². The number of ether oxygens (including phenoxy) is 2. The normalized spacial score (nSPS) is 21.7. The minimum Gasteiger partial charge on any atom is -0.486 e. The number of hydrogen-bond donors (Lipinski definition) is 1. The van der Waals surface area contributed by atoms with Crippen molar-refractivity contribution in [1.82, 2.24) is 0 Å². The molecule has 1 aromatic carbocycles. The number of rotatable bonds is 1. The third-order valence-electron chi connectivity index (χ3n) is 3.92. The first-order valence-electron chi connectivity index (χ1n) is 6.58. The second-order valence-electron chi connectivity index (χ2n) is 5.17. The number of hydrogen-bond acceptors (Lipinski definition) is 3. The second-order valence-corrected chi connectivity index (χ2v) is 5.57. The van der Waals surface area contributed by atoms with Gasteiger partial charge in [-0.15, -0.1) is 0 Å². The Morgan fingerprint density at radius 3 is 2.39 bits per heavy atom. The molecule has 0 aromatic heterocycles. The van der Waals surface area contributed by atoms with Gasteiger partial charge in [-0.3, -0.25) is 0 Å². The topological polar surface area (TPSA) is 44.5 Å². The molecule has 3 nitrogen and oxygen atoms in total. The molecule has 1 heterocycles. The zero-order valence-corrected chi connectivity index (χ0v) is 11.1. The Kier molecular flexibility index (Phi) is 3.12. The predicted molar refractivity (Wildman–Crippen MR) is 71.4 cm³/mol. The lowest BCUT2D eigenvalue weighted by Crippen LogP contribution is -2.39. The summed E-state index contributed by atoms with van der Waals surface area (Å²) in [6.45, 7) is 1.12. The maximum atomic E-state index is 6.58. The lowest BCUT2D eigenvalue weighted by molar-refractivity contribution is 0.164. The van der Waals surface area contributed by atoms with Crippen molar-refractivity contribution < 1.29 is 9.47 Å². The first-order valence-corrected chi connectivity index (χ1v) is 6.96. The Labute approximate surface area is 112 Å². The summed E-state index contributed by atoms with van der Waals surface area (Å²) in [5, 5.41) is 0.604. The summed E-state index contributed by atoms with van der Waals surface area (Å²) in [7, 11) is 0. The van der Waals surface area contributed by atoms with Crippen LogP contribution < -0.4 is 15.2 Å². The minimum absolute atomic E-state index is 0.284. The fourth-order valence-electron chi connectivity index (χ4n) is 2.95. The molecule has 0 saturated heterocycles. The third-order valence-corrected chi connectivity index (χ3v) is 4.22. The highest BCUT2D eigenvalue weighted by atomic mass is 35.5. The molecule has 18 heavy (non-hydrogen) atoms. The van der Waals surface area contributed by atoms with Crippen LogP contribution in [0.15, 0.2) is 12.1 Å². The van der Waals surface area contributed by atoms with Crippen LogP contribution in [0.4, 0.5) is 0 Å². The van der Waals surface area contributed by atoms with Crippen molar-refractivity contribution in [1.29, 1.82) is 0 Å². The number of nitrogens with two attached hydrogens (primary N) is 1. The summed E-state index contributed by atoms with van der Waals surface area (Å²) in [5.41, 5.74) is 7.35. The van der Waals surface area contributed by atoms with E-state index >= 15 is 0 Å². The molecule has 0 bridgehead atoms. The zero-order valence-electron chi connectivity index (χ0n) is 10.4. The van der Waals surface area contributed by atoms with Gasteiger partial charge in [-0.25, -0.2) is 0 Å². The molecule has 1 aliphatic heterocycles. The SMILES string of the molecule is NC1(c2ccc(Cl)c3c2OCCO3)CCCCC1. The molecule has 0 amide bonds. The van der Waals surface area contributed by atoms with Crippen LogP contribution in [-0.2, 0) is 5.54 Å². The highest BCUT2D eigenvalue weighted by Crippen LogP contribution is 2.47. The lowest BCUT2D eigenvalue weighted by atomic mass is 9.77. The van der Waals surface area contributed by atoms with Crippen LogP contribution in [0.25, 0.3) is 0 Å². The van der Waals surface area contributed by atoms with Gasteiger partial charge in [0.25, 0.3) is 0 Å². The van der Waals surface area contributed by atoms with Crippen molar-refractivity contribution in [3.63, 3.8) is 0 Å². The number of halogens is 1. The number of fused-ring (bicyclic) bond motifs is 1. The zero-order chi connectivity index (χ0) is 12.6. The molecule has 0 unspecified atom stereocenters. The average molecular weight is 268 g/mol. The quantitative estimate of drug-likeness (QED) is 0.850. The van der Waals surface area contributed by atoms with Crippen LogP contribution in [-0.4, -0.2) is 13.2 Å². The van der Waals surface area contributed by atoms with Crippen molar-refractivity contribution in [2.45, 2.75) is 37.6 Å². The monoisotopic (exact) mass is 267 g/mol. The molecular formula is C14H18ClNO2. The summed E-state index contributed by atoms with van der Waals surface area (Å²) in [6, 6.07) is 3.87. The predicted octanol–water partition coefficient (Wildman–Crippen LogP) is 3.23. The van der Waals surface area contributed by atoms with E-state index in [0.29, 0.717) is 24.0 Å². The lowest BCUT2D eigenvalue weighted by Gasteiger charge is -2.36. The van der Waals surface area contributed by atoms with E-state index in [1.54, 1.807) is 0 Å². The van der Waals surface area contributed by atoms with Crippen LogP contribution in [0.3, 0.4) is 0 Å². The fraction of sp³-hybridized carbons (Fsp3) is 0.571. The molecule has 0 radical (unpaired) electrons. The smallest absolute Gasteiger partial charge is 0.180 e. The highest BCUT2D eigenvalue weighted by molar-refractivity contribution is 6.32. The minimum atomic E-state index is -0.284. The van der Waals surface area contributed by atoms with E-state index in [1.807, 2.05) is 12.1 Å². The first-order chi connectivity index (χ1) is 8.71. The Balaban J connectivity index is 2.06. The summed E-state index contributed by atoms with van der Waals surface area (Å²) < 4.78 is 11.4. The largest absolute Gasteiger partial charge is 0.486 e. The van der Waals surface area contributed by atoms with Crippen LogP contribution in [0.2, 0.25) is 5.02 Å². The van der Waals surface area contributed by atoms with E-state index in [1.165, 1.54) is 19.3 Å². The molecule has 1 saturated carbocycles. The maximum Gasteiger partial charge on any atom is 0.180 e. The van der Waals surface area contributed by atoms with E-state index in [-0.39, 0.29) is 5.54 Å². The molecule has 98 valence electrons. The summed E-state index contributed by atoms with van der Waals surface area (Å²) in [5.74, 6) is 1.42. The average Bonchev–Trinajstić information content (AvgIpc) is 2.40. The van der Waals surface area contributed by atoms with Gasteiger partial charge in [0.1, 0.15) is 13.2 Å². The van der Waals surface area contributed by atoms with E-state index in [2.05, 4.69) is 0 Å². The molecule has 0 spiro atoms. The molecule has 0 atom stereocenters. The molecule has 2 N–H and O–H groups in total. The van der Waals surface area contributed by atoms with E-state index in [0.717, 1.165) is 24.2 Å². The molecule has 1 aromatic rings. The maximum absolute atomic E-state index is 6.58. The van der Waals surface area contributed by atoms with E-state index < -0.39 is 0 Å². The van der Waals surface area contributed by atoms with Gasteiger partial charge in [0, 0.05) is 11.1 Å². The Morgan fingerprint density at radius 1 is 1.00 bits per heavy atom. The van der Waals surface area contributed by atoms with Gasteiger partial charge in [0.2, 0.25) is 0 Å². The molecular weight excluding hydrogens is 250 g/mol. The van der Waals surface area contributed by atoms with Crippen molar-refractivity contribution in [3.8, 4) is 11.5 Å². The van der Waals surface area contributed by atoms with Gasteiger partial charge in [-0.2, -0.15) is 0 Å². The van der Waals surface area contributed by atoms with Crippen molar-refractivity contribution in [2.24, 2.45) is 5.73 Å². The van der Waals surface area contributed by atoms with Crippen molar-refractivity contribution in [3.05, 3.63) is 22.7 Å². The summed E-state index contributed by atoms with van der Waals surface area (Å²) >= 11 is 6.15. The van der Waals surface area contributed by atoms with Crippen molar-refractivity contribution in [2.75, 3.05) is 13.2 Å². The standard InChI is InChI=1S/C14H18ClNO2/c15-11-5-4-10(12-13(11)18-9-8-17-12)14(16)6-2-1-3-7-14/h4-5H,1-3,6-9,16H2. The van der Waals surface area contributed by atoms with Gasteiger partial charge >= 0.3 is 0 Å². The van der Waals surface area contributed by atoms with Crippen LogP contribution >= 0.6 is 11.6 Å². The van der Waals surface area contributed by atoms with Gasteiger partial charge in [-0.05, 0) is 18.9 Å². The molecule has 1 fully saturated rings. The Morgan fingerprint density at radius 2 is 1.67 bits per heavy atom. The van der Waals surface area contributed by atoms with Gasteiger partial charge in [-0.1, -0.05) is 36.9 Å². The second kappa shape index (κ2) is 4.63. The third kappa shape index (κ3) is 1.95. The van der Waals surface area contributed by atoms with Gasteiger partial charge in [0.15, 0.2) is 11.5 Å². The van der Waals surface area contributed by atoms with Crippen LogP contribution in [0.5, 0.6) is 11.5 Å². The van der Waals surface area contributed by atoms with E-state index in [9.17, 15) is 0 Å². The van der Waals surface area contributed by atoms with Crippen molar-refractivity contribution >= 4 is 11.6 Å². The Hall–Kier alpha value is -0.930. The van der Waals surface area contributed by atoms with Crippen LogP contribution in [0.1, 0.15) is 37.7 Å². The first kappa shape index (κ1) is 12.1. The summed E-state index contributed by atoms with van der Waals surface area (Å²) in [6.07, 6.45) is 5.63. The van der Waals surface area contributed by atoms with Gasteiger partial charge < -0.3 is 15.2 Å². The Bertz CT molecular complexity index is 455. The van der Waals surface area contributed by atoms with Crippen LogP contribution in [0, 0.1) is 0 Å². The molecule has 3 rings (SSSR count). The summed E-state index contributed by atoms with van der Waals surface area (Å²) in [4.78, 5) is 0. The highest BCUT2D eigenvalue weighted by Gasteiger charge is 2.34.